The van der Waals surface area contributed by atoms with Crippen molar-refractivity contribution in [2.75, 3.05) is 0 Å². The number of H-pyrrole nitrogens is 1. The molecule has 8 heteroatoms. The number of fused-ring (bicyclic) bond motifs is 1. The first kappa shape index (κ1) is 13.5. The molecule has 0 saturated carbocycles. The van der Waals surface area contributed by atoms with Gasteiger partial charge in [-0.1, -0.05) is 17.8 Å². The summed E-state index contributed by atoms with van der Waals surface area (Å²) in [5, 5.41) is 9.49. The molecule has 3 rings (SSSR count). The first-order valence-electron chi connectivity index (χ1n) is 5.94. The van der Waals surface area contributed by atoms with Crippen LogP contribution in [-0.2, 0) is 5.75 Å². The van der Waals surface area contributed by atoms with E-state index < -0.39 is 11.8 Å². The van der Waals surface area contributed by atoms with Crippen molar-refractivity contribution in [2.24, 2.45) is 0 Å². The molecule has 0 aliphatic heterocycles. The van der Waals surface area contributed by atoms with Crippen LogP contribution in [-0.4, -0.2) is 31.0 Å². The van der Waals surface area contributed by atoms with E-state index in [-0.39, 0.29) is 5.56 Å². The number of thioether (sulfide) groups is 1. The molecule has 106 valence electrons. The summed E-state index contributed by atoms with van der Waals surface area (Å²) in [7, 11) is 0. The number of rotatable bonds is 4. The van der Waals surface area contributed by atoms with Crippen molar-refractivity contribution in [3.05, 3.63) is 47.8 Å². The predicted octanol–water partition coefficient (Wildman–Crippen LogP) is 2.48. The molecule has 2 aromatic heterocycles. The summed E-state index contributed by atoms with van der Waals surface area (Å²) >= 11 is 1.39. The van der Waals surface area contributed by atoms with E-state index in [1.807, 2.05) is 0 Å². The molecule has 0 aliphatic rings. The number of hydrogen-bond acceptors (Lipinski definition) is 5. The second kappa shape index (κ2) is 5.49. The normalized spacial score (nSPS) is 10.9. The van der Waals surface area contributed by atoms with Gasteiger partial charge in [0.05, 0.1) is 11.9 Å². The van der Waals surface area contributed by atoms with Crippen LogP contribution in [0.5, 0.6) is 0 Å². The lowest BCUT2D eigenvalue weighted by Crippen LogP contribution is -2.00. The summed E-state index contributed by atoms with van der Waals surface area (Å²) in [5.41, 5.74) is 1.64. The molecule has 0 bridgehead atoms. The van der Waals surface area contributed by atoms with Crippen molar-refractivity contribution in [1.82, 2.24) is 19.9 Å². The minimum atomic E-state index is -1.28. The average molecular weight is 304 g/mol. The zero-order chi connectivity index (χ0) is 14.8. The van der Waals surface area contributed by atoms with Crippen LogP contribution in [0.1, 0.15) is 15.9 Å². The highest BCUT2D eigenvalue weighted by molar-refractivity contribution is 7.98. The van der Waals surface area contributed by atoms with Gasteiger partial charge in [0.15, 0.2) is 5.65 Å². The maximum Gasteiger partial charge on any atom is 0.338 e. The van der Waals surface area contributed by atoms with Crippen molar-refractivity contribution in [2.45, 2.75) is 10.8 Å². The Labute approximate surface area is 122 Å². The Hall–Kier alpha value is -2.48. The van der Waals surface area contributed by atoms with Crippen LogP contribution < -0.4 is 0 Å². The van der Waals surface area contributed by atoms with Gasteiger partial charge in [-0.25, -0.2) is 24.1 Å². The Morgan fingerprint density at radius 2 is 2.19 bits per heavy atom. The molecule has 3 aromatic rings. The molecule has 0 amide bonds. The Morgan fingerprint density at radius 1 is 1.33 bits per heavy atom. The summed E-state index contributed by atoms with van der Waals surface area (Å²) in [6.45, 7) is 0. The fourth-order valence-electron chi connectivity index (χ4n) is 1.83. The zero-order valence-electron chi connectivity index (χ0n) is 10.6. The number of imidazole rings is 1. The number of halogens is 1. The van der Waals surface area contributed by atoms with Gasteiger partial charge < -0.3 is 10.1 Å². The quantitative estimate of drug-likeness (QED) is 0.568. The summed E-state index contributed by atoms with van der Waals surface area (Å²) in [6.07, 6.45) is 2.95. The summed E-state index contributed by atoms with van der Waals surface area (Å²) in [4.78, 5) is 25.9. The van der Waals surface area contributed by atoms with Gasteiger partial charge in [0.1, 0.15) is 22.7 Å². The van der Waals surface area contributed by atoms with Crippen molar-refractivity contribution in [1.29, 1.82) is 0 Å². The van der Waals surface area contributed by atoms with E-state index in [9.17, 15) is 9.18 Å². The highest BCUT2D eigenvalue weighted by Gasteiger charge is 2.11. The Kier molecular flexibility index (Phi) is 3.53. The van der Waals surface area contributed by atoms with E-state index in [1.54, 1.807) is 6.07 Å². The molecule has 0 aliphatic carbocycles. The SMILES string of the molecule is O=C(O)c1ccc(CSc2ncnc3nc[nH]c23)cc1F. The van der Waals surface area contributed by atoms with E-state index in [0.29, 0.717) is 22.0 Å². The largest absolute Gasteiger partial charge is 0.478 e. The highest BCUT2D eigenvalue weighted by atomic mass is 32.2. The van der Waals surface area contributed by atoms with Crippen molar-refractivity contribution < 1.29 is 14.3 Å². The molecule has 2 heterocycles. The predicted molar refractivity (Wildman–Crippen MR) is 74.6 cm³/mol. The lowest BCUT2D eigenvalue weighted by atomic mass is 10.1. The Bertz CT molecular complexity index is 821. The molecule has 0 saturated heterocycles. The molecule has 0 atom stereocenters. The van der Waals surface area contributed by atoms with Gasteiger partial charge in [0, 0.05) is 5.75 Å². The Morgan fingerprint density at radius 3 is 2.95 bits per heavy atom. The minimum Gasteiger partial charge on any atom is -0.478 e. The number of hydrogen-bond donors (Lipinski definition) is 2. The van der Waals surface area contributed by atoms with Gasteiger partial charge in [-0.3, -0.25) is 0 Å². The van der Waals surface area contributed by atoms with Crippen LogP contribution in [0.2, 0.25) is 0 Å². The maximum atomic E-state index is 13.6. The smallest absolute Gasteiger partial charge is 0.338 e. The highest BCUT2D eigenvalue weighted by Crippen LogP contribution is 2.26. The van der Waals surface area contributed by atoms with E-state index in [4.69, 9.17) is 5.11 Å². The molecule has 1 aromatic carbocycles. The van der Waals surface area contributed by atoms with Gasteiger partial charge in [0.25, 0.3) is 0 Å². The molecule has 0 unspecified atom stereocenters. The molecule has 0 fully saturated rings. The van der Waals surface area contributed by atoms with Gasteiger partial charge >= 0.3 is 5.97 Å². The summed E-state index contributed by atoms with van der Waals surface area (Å²) in [5.74, 6) is -1.56. The fourth-order valence-corrected chi connectivity index (χ4v) is 2.73. The fraction of sp³-hybridized carbons (Fsp3) is 0.0769. The van der Waals surface area contributed by atoms with E-state index in [1.165, 1.54) is 36.5 Å². The average Bonchev–Trinajstić information content (AvgIpc) is 2.93. The second-order valence-corrected chi connectivity index (χ2v) is 5.15. The first-order chi connectivity index (χ1) is 10.1. The lowest BCUT2D eigenvalue weighted by Gasteiger charge is -2.04. The number of aromatic carboxylic acids is 1. The number of benzene rings is 1. The number of aromatic nitrogens is 4. The molecule has 0 spiro atoms. The van der Waals surface area contributed by atoms with Crippen LogP contribution >= 0.6 is 11.8 Å². The van der Waals surface area contributed by atoms with Gasteiger partial charge in [-0.05, 0) is 17.7 Å². The molecule has 6 nitrogen and oxygen atoms in total. The standard InChI is InChI=1S/C13H9FN4O2S/c14-9-3-7(1-2-8(9)13(19)20)4-21-12-10-11(16-5-15-10)17-6-18-12/h1-3,5-6H,4H2,(H,19,20)(H,15,16,17,18). The van der Waals surface area contributed by atoms with Crippen molar-refractivity contribution in [3.8, 4) is 0 Å². The van der Waals surface area contributed by atoms with Crippen LogP contribution in [0.3, 0.4) is 0 Å². The maximum absolute atomic E-state index is 13.6. The number of carboxylic acids is 1. The number of carbonyl (C=O) groups is 1. The van der Waals surface area contributed by atoms with Gasteiger partial charge in [0.2, 0.25) is 0 Å². The zero-order valence-corrected chi connectivity index (χ0v) is 11.4. The van der Waals surface area contributed by atoms with Gasteiger partial charge in [-0.15, -0.1) is 0 Å². The minimum absolute atomic E-state index is 0.332. The van der Waals surface area contributed by atoms with Gasteiger partial charge in [-0.2, -0.15) is 0 Å². The summed E-state index contributed by atoms with van der Waals surface area (Å²) < 4.78 is 13.6. The third-order valence-corrected chi connectivity index (χ3v) is 3.89. The summed E-state index contributed by atoms with van der Waals surface area (Å²) in [6, 6.07) is 4.08. The number of nitrogens with zero attached hydrogens (tertiary/aromatic N) is 3. The first-order valence-corrected chi connectivity index (χ1v) is 6.92. The van der Waals surface area contributed by atoms with Crippen molar-refractivity contribution >= 4 is 28.9 Å². The second-order valence-electron chi connectivity index (χ2n) is 4.19. The van der Waals surface area contributed by atoms with Crippen LogP contribution in [0.4, 0.5) is 4.39 Å². The molecule has 21 heavy (non-hydrogen) atoms. The molecular formula is C13H9FN4O2S. The number of carboxylic acid groups (broad SMARTS) is 1. The van der Waals surface area contributed by atoms with Crippen LogP contribution in [0.25, 0.3) is 11.2 Å². The number of aromatic amines is 1. The molecule has 2 N–H and O–H groups in total. The van der Waals surface area contributed by atoms with Crippen molar-refractivity contribution in [3.63, 3.8) is 0 Å². The van der Waals surface area contributed by atoms with E-state index in [0.717, 1.165) is 5.52 Å². The van der Waals surface area contributed by atoms with Crippen LogP contribution in [0.15, 0.2) is 35.9 Å². The van der Waals surface area contributed by atoms with Crippen LogP contribution in [0, 0.1) is 5.82 Å². The third-order valence-electron chi connectivity index (χ3n) is 2.83. The number of nitrogens with one attached hydrogen (secondary N) is 1. The lowest BCUT2D eigenvalue weighted by molar-refractivity contribution is 0.0692. The third kappa shape index (κ3) is 2.70. The van der Waals surface area contributed by atoms with E-state index in [2.05, 4.69) is 19.9 Å². The topological polar surface area (TPSA) is 91.8 Å². The Balaban J connectivity index is 1.80. The van der Waals surface area contributed by atoms with E-state index >= 15 is 0 Å². The molecular weight excluding hydrogens is 295 g/mol. The molecule has 0 radical (unpaired) electrons. The monoisotopic (exact) mass is 304 g/mol.